The van der Waals surface area contributed by atoms with Gasteiger partial charge in [-0.3, -0.25) is 0 Å². The van der Waals surface area contributed by atoms with Gasteiger partial charge in [0.25, 0.3) is 0 Å². The van der Waals surface area contributed by atoms with Crippen LogP contribution in [0.3, 0.4) is 0 Å². The molecule has 96 valence electrons. The van der Waals surface area contributed by atoms with Crippen molar-refractivity contribution in [2.24, 2.45) is 5.73 Å². The lowest BCUT2D eigenvalue weighted by Gasteiger charge is -2.08. The van der Waals surface area contributed by atoms with Crippen LogP contribution in [0.5, 0.6) is 0 Å². The minimum Gasteiger partial charge on any atom is -0.330 e. The van der Waals surface area contributed by atoms with Gasteiger partial charge < -0.3 is 5.73 Å². The van der Waals surface area contributed by atoms with Crippen LogP contribution in [0.2, 0.25) is 0 Å². The standard InChI is InChI=1S/C10H15N3O2S.ClH/c11-4-3-10-12-6-8(7-13-10)9-2-1-5-16(9,14)15;/h6-7,9H,1-5,11H2;1H. The molecule has 0 amide bonds. The maximum absolute atomic E-state index is 11.7. The lowest BCUT2D eigenvalue weighted by atomic mass is 10.1. The van der Waals surface area contributed by atoms with Gasteiger partial charge >= 0.3 is 0 Å². The highest BCUT2D eigenvalue weighted by Crippen LogP contribution is 2.33. The van der Waals surface area contributed by atoms with E-state index < -0.39 is 15.1 Å². The van der Waals surface area contributed by atoms with E-state index in [-0.39, 0.29) is 18.2 Å². The normalized spacial score (nSPS) is 22.1. The van der Waals surface area contributed by atoms with E-state index >= 15 is 0 Å². The average Bonchev–Trinajstić information content (AvgIpc) is 2.60. The zero-order chi connectivity index (χ0) is 11.6. The van der Waals surface area contributed by atoms with Crippen molar-refractivity contribution < 1.29 is 8.42 Å². The number of sulfone groups is 1. The van der Waals surface area contributed by atoms with Gasteiger partial charge in [0.2, 0.25) is 0 Å². The number of aromatic nitrogens is 2. The summed E-state index contributed by atoms with van der Waals surface area (Å²) in [6.45, 7) is 0.501. The van der Waals surface area contributed by atoms with Crippen LogP contribution in [0.15, 0.2) is 12.4 Å². The first-order chi connectivity index (χ1) is 7.63. The molecule has 1 atom stereocenters. The van der Waals surface area contributed by atoms with E-state index in [0.717, 1.165) is 6.42 Å². The number of nitrogens with two attached hydrogens (primary N) is 1. The minimum absolute atomic E-state index is 0. The molecular formula is C10H16ClN3O2S. The Morgan fingerprint density at radius 2 is 2.00 bits per heavy atom. The number of hydrogen-bond donors (Lipinski definition) is 1. The second-order valence-electron chi connectivity index (χ2n) is 3.97. The Morgan fingerprint density at radius 1 is 1.35 bits per heavy atom. The molecule has 1 aromatic rings. The third-order valence-corrected chi connectivity index (χ3v) is 5.03. The van der Waals surface area contributed by atoms with Crippen molar-refractivity contribution >= 4 is 22.2 Å². The van der Waals surface area contributed by atoms with Crippen LogP contribution >= 0.6 is 12.4 Å². The molecule has 0 aliphatic carbocycles. The summed E-state index contributed by atoms with van der Waals surface area (Å²) < 4.78 is 23.4. The zero-order valence-electron chi connectivity index (χ0n) is 9.37. The van der Waals surface area contributed by atoms with Crippen molar-refractivity contribution in [2.45, 2.75) is 24.5 Å². The van der Waals surface area contributed by atoms with E-state index in [4.69, 9.17) is 5.73 Å². The van der Waals surface area contributed by atoms with Gasteiger partial charge in [-0.15, -0.1) is 12.4 Å². The molecule has 5 nitrogen and oxygen atoms in total. The topological polar surface area (TPSA) is 85.9 Å². The Hall–Kier alpha value is -0.720. The molecule has 1 aliphatic heterocycles. The molecular weight excluding hydrogens is 262 g/mol. The summed E-state index contributed by atoms with van der Waals surface area (Å²) in [5, 5.41) is -0.403. The van der Waals surface area contributed by atoms with Crippen molar-refractivity contribution in [3.8, 4) is 0 Å². The summed E-state index contributed by atoms with van der Waals surface area (Å²) >= 11 is 0. The summed E-state index contributed by atoms with van der Waals surface area (Å²) in [7, 11) is -2.97. The Kier molecular flexibility index (Phi) is 4.85. The van der Waals surface area contributed by atoms with E-state index in [0.29, 0.717) is 30.8 Å². The predicted octanol–water partition coefficient (Wildman–Crippen LogP) is 0.649. The lowest BCUT2D eigenvalue weighted by molar-refractivity contribution is 0.591. The fraction of sp³-hybridized carbons (Fsp3) is 0.600. The van der Waals surface area contributed by atoms with Gasteiger partial charge in [0.05, 0.1) is 11.0 Å². The van der Waals surface area contributed by atoms with Crippen LogP contribution in [-0.2, 0) is 16.3 Å². The number of nitrogens with zero attached hydrogens (tertiary/aromatic N) is 2. The molecule has 0 saturated carbocycles. The molecule has 1 unspecified atom stereocenters. The van der Waals surface area contributed by atoms with Gasteiger partial charge in [0.1, 0.15) is 5.82 Å². The van der Waals surface area contributed by atoms with Gasteiger partial charge in [0.15, 0.2) is 9.84 Å². The van der Waals surface area contributed by atoms with Crippen LogP contribution in [0.1, 0.15) is 29.5 Å². The second kappa shape index (κ2) is 5.75. The third kappa shape index (κ3) is 3.14. The predicted molar refractivity (Wildman–Crippen MR) is 67.8 cm³/mol. The van der Waals surface area contributed by atoms with Crippen molar-refractivity contribution in [1.29, 1.82) is 0 Å². The van der Waals surface area contributed by atoms with Crippen LogP contribution < -0.4 is 5.73 Å². The van der Waals surface area contributed by atoms with Crippen LogP contribution in [0.4, 0.5) is 0 Å². The first-order valence-electron chi connectivity index (χ1n) is 5.36. The Balaban J connectivity index is 0.00000144. The largest absolute Gasteiger partial charge is 0.330 e. The molecule has 0 radical (unpaired) electrons. The Bertz CT molecular complexity index is 461. The smallest absolute Gasteiger partial charge is 0.157 e. The highest BCUT2D eigenvalue weighted by molar-refractivity contribution is 7.91. The molecule has 1 aromatic heterocycles. The van der Waals surface area contributed by atoms with Gasteiger partial charge in [-0.2, -0.15) is 0 Å². The highest BCUT2D eigenvalue weighted by atomic mass is 35.5. The second-order valence-corrected chi connectivity index (χ2v) is 6.27. The monoisotopic (exact) mass is 277 g/mol. The average molecular weight is 278 g/mol. The van der Waals surface area contributed by atoms with E-state index in [1.807, 2.05) is 0 Å². The molecule has 2 rings (SSSR count). The van der Waals surface area contributed by atoms with Gasteiger partial charge in [0, 0.05) is 24.4 Å². The molecule has 2 heterocycles. The van der Waals surface area contributed by atoms with Gasteiger partial charge in [-0.1, -0.05) is 0 Å². The first kappa shape index (κ1) is 14.3. The lowest BCUT2D eigenvalue weighted by Crippen LogP contribution is -2.11. The molecule has 0 bridgehead atoms. The van der Waals surface area contributed by atoms with Crippen molar-refractivity contribution in [1.82, 2.24) is 9.97 Å². The molecule has 2 N–H and O–H groups in total. The number of halogens is 1. The van der Waals surface area contributed by atoms with E-state index in [1.165, 1.54) is 0 Å². The first-order valence-corrected chi connectivity index (χ1v) is 7.07. The van der Waals surface area contributed by atoms with Gasteiger partial charge in [-0.25, -0.2) is 18.4 Å². The van der Waals surface area contributed by atoms with E-state index in [1.54, 1.807) is 12.4 Å². The molecule has 1 aliphatic rings. The van der Waals surface area contributed by atoms with E-state index in [9.17, 15) is 8.42 Å². The number of hydrogen-bond acceptors (Lipinski definition) is 5. The van der Waals surface area contributed by atoms with Gasteiger partial charge in [-0.05, 0) is 19.4 Å². The summed E-state index contributed by atoms with van der Waals surface area (Å²) in [5.74, 6) is 0.948. The third-order valence-electron chi connectivity index (χ3n) is 2.79. The summed E-state index contributed by atoms with van der Waals surface area (Å²) in [5.41, 5.74) is 6.09. The Labute approximate surface area is 107 Å². The number of rotatable bonds is 3. The maximum Gasteiger partial charge on any atom is 0.157 e. The molecule has 0 aromatic carbocycles. The molecule has 1 saturated heterocycles. The van der Waals surface area contributed by atoms with Crippen molar-refractivity contribution in [3.63, 3.8) is 0 Å². The fourth-order valence-corrected chi connectivity index (χ4v) is 3.87. The van der Waals surface area contributed by atoms with Crippen molar-refractivity contribution in [2.75, 3.05) is 12.3 Å². The Morgan fingerprint density at radius 3 is 2.47 bits per heavy atom. The van der Waals surface area contributed by atoms with Crippen molar-refractivity contribution in [3.05, 3.63) is 23.8 Å². The van der Waals surface area contributed by atoms with E-state index in [2.05, 4.69) is 9.97 Å². The fourth-order valence-electron chi connectivity index (χ4n) is 1.95. The quantitative estimate of drug-likeness (QED) is 0.877. The molecule has 7 heteroatoms. The van der Waals surface area contributed by atoms with Crippen LogP contribution in [0.25, 0.3) is 0 Å². The summed E-state index contributed by atoms with van der Waals surface area (Å²) in [6, 6.07) is 0. The molecule has 17 heavy (non-hydrogen) atoms. The SMILES string of the molecule is Cl.NCCc1ncc(C2CCCS2(=O)=O)cn1. The summed E-state index contributed by atoms with van der Waals surface area (Å²) in [6.07, 6.45) is 5.27. The summed E-state index contributed by atoms with van der Waals surface area (Å²) in [4.78, 5) is 8.25. The zero-order valence-corrected chi connectivity index (χ0v) is 11.0. The molecule has 0 spiro atoms. The van der Waals surface area contributed by atoms with Crippen LogP contribution in [-0.4, -0.2) is 30.7 Å². The maximum atomic E-state index is 11.7. The minimum atomic E-state index is -2.97. The van der Waals surface area contributed by atoms with Crippen LogP contribution in [0, 0.1) is 0 Å². The molecule has 1 fully saturated rings. The highest BCUT2D eigenvalue weighted by Gasteiger charge is 2.32.